The van der Waals surface area contributed by atoms with E-state index in [0.29, 0.717) is 0 Å². The molecule has 0 bridgehead atoms. The molecule has 4 nitrogen and oxygen atoms in total. The Labute approximate surface area is 96.5 Å². The summed E-state index contributed by atoms with van der Waals surface area (Å²) in [5.74, 6) is 0. The van der Waals surface area contributed by atoms with Crippen LogP contribution in [0.4, 0.5) is 0 Å². The molecule has 0 radical (unpaired) electrons. The highest BCUT2D eigenvalue weighted by Gasteiger charge is 2.33. The summed E-state index contributed by atoms with van der Waals surface area (Å²) in [5.41, 5.74) is 0. The van der Waals surface area contributed by atoms with Crippen LogP contribution >= 0.6 is 18.1 Å². The Hall–Kier alpha value is -0.0700. The van der Waals surface area contributed by atoms with Gasteiger partial charge in [-0.25, -0.2) is 4.67 Å². The van der Waals surface area contributed by atoms with Gasteiger partial charge in [-0.1, -0.05) is 0 Å². The van der Waals surface area contributed by atoms with Gasteiger partial charge in [0.1, 0.15) is 0 Å². The normalized spacial score (nSPS) is 15.7. The van der Waals surface area contributed by atoms with Crippen LogP contribution in [0.1, 0.15) is 34.1 Å². The van der Waals surface area contributed by atoms with Crippen LogP contribution in [0.5, 0.6) is 0 Å². The van der Waals surface area contributed by atoms with Crippen molar-refractivity contribution in [1.82, 2.24) is 4.67 Å². The number of rotatable bonds is 6. The zero-order valence-electron chi connectivity index (χ0n) is 9.61. The first kappa shape index (κ1) is 14.9. The van der Waals surface area contributed by atoms with E-state index in [4.69, 9.17) is 21.0 Å². The van der Waals surface area contributed by atoms with Gasteiger partial charge in [-0.15, -0.1) is 0 Å². The Morgan fingerprint density at radius 2 is 1.87 bits per heavy atom. The minimum atomic E-state index is -3.29. The van der Waals surface area contributed by atoms with Crippen molar-refractivity contribution in [3.05, 3.63) is 0 Å². The second kappa shape index (κ2) is 6.50. The van der Waals surface area contributed by atoms with E-state index in [1.54, 1.807) is 4.67 Å². The average Bonchev–Trinajstić information content (AvgIpc) is 2.01. The van der Waals surface area contributed by atoms with Crippen molar-refractivity contribution in [3.8, 4) is 6.07 Å². The molecule has 1 atom stereocenters. The predicted molar refractivity (Wildman–Crippen MR) is 61.8 cm³/mol. The minimum absolute atomic E-state index is 0.0374. The fraction of sp³-hybridized carbons (Fsp3) is 0.889. The van der Waals surface area contributed by atoms with Crippen molar-refractivity contribution in [2.45, 2.75) is 46.2 Å². The molecule has 0 saturated carbocycles. The lowest BCUT2D eigenvalue weighted by atomic mass is 10.3. The SMILES string of the molecule is CC(C)N(C(C)C)[P@@](=O)(Cl)OCCC#N. The average molecular weight is 253 g/mol. The van der Waals surface area contributed by atoms with E-state index >= 15 is 0 Å². The van der Waals surface area contributed by atoms with E-state index in [1.165, 1.54) is 0 Å². The molecule has 0 aliphatic rings. The fourth-order valence-corrected chi connectivity index (χ4v) is 4.23. The van der Waals surface area contributed by atoms with Crippen molar-refractivity contribution in [2.75, 3.05) is 6.61 Å². The Morgan fingerprint density at radius 1 is 1.40 bits per heavy atom. The van der Waals surface area contributed by atoms with E-state index in [2.05, 4.69) is 0 Å². The zero-order valence-corrected chi connectivity index (χ0v) is 11.3. The van der Waals surface area contributed by atoms with Gasteiger partial charge in [0.2, 0.25) is 0 Å². The maximum Gasteiger partial charge on any atom is 0.363 e. The Bertz CT molecular complexity index is 268. The Morgan fingerprint density at radius 3 is 2.20 bits per heavy atom. The molecule has 0 fully saturated rings. The molecule has 0 rings (SSSR count). The van der Waals surface area contributed by atoms with Gasteiger partial charge in [-0.2, -0.15) is 5.26 Å². The first-order valence-corrected chi connectivity index (χ1v) is 7.41. The van der Waals surface area contributed by atoms with Crippen LogP contribution in [0.2, 0.25) is 0 Å². The molecule has 88 valence electrons. The van der Waals surface area contributed by atoms with Gasteiger partial charge in [0, 0.05) is 12.1 Å². The van der Waals surface area contributed by atoms with Gasteiger partial charge in [0.05, 0.1) is 19.1 Å². The van der Waals surface area contributed by atoms with Crippen LogP contribution in [-0.2, 0) is 9.09 Å². The maximum atomic E-state index is 12.0. The number of halogens is 1. The van der Waals surface area contributed by atoms with Crippen molar-refractivity contribution < 1.29 is 9.09 Å². The van der Waals surface area contributed by atoms with Crippen molar-refractivity contribution in [3.63, 3.8) is 0 Å². The number of nitriles is 1. The summed E-state index contributed by atoms with van der Waals surface area (Å²) in [6.45, 7) is 4.44. The van der Waals surface area contributed by atoms with Gasteiger partial charge in [0.25, 0.3) is 0 Å². The van der Waals surface area contributed by atoms with Crippen LogP contribution in [0.25, 0.3) is 0 Å². The van der Waals surface area contributed by atoms with Crippen molar-refractivity contribution in [1.29, 1.82) is 5.26 Å². The number of nitrogens with zero attached hydrogens (tertiary/aromatic N) is 2. The fourth-order valence-electron chi connectivity index (χ4n) is 1.42. The molecule has 0 unspecified atom stereocenters. The molecule has 0 N–H and O–H groups in total. The summed E-state index contributed by atoms with van der Waals surface area (Å²) in [7, 11) is 0. The van der Waals surface area contributed by atoms with E-state index in [-0.39, 0.29) is 25.1 Å². The molecule has 0 saturated heterocycles. The molecule has 0 aliphatic heterocycles. The Kier molecular flexibility index (Phi) is 6.47. The van der Waals surface area contributed by atoms with Crippen LogP contribution in [0.3, 0.4) is 0 Å². The maximum absolute atomic E-state index is 12.0. The summed E-state index contributed by atoms with van der Waals surface area (Å²) in [4.78, 5) is 0. The third-order valence-corrected chi connectivity index (χ3v) is 4.59. The van der Waals surface area contributed by atoms with E-state index in [9.17, 15) is 4.57 Å². The van der Waals surface area contributed by atoms with Gasteiger partial charge in [-0.05, 0) is 38.9 Å². The zero-order chi connectivity index (χ0) is 12.1. The second-order valence-corrected chi connectivity index (χ2v) is 6.66. The largest absolute Gasteiger partial charge is 0.363 e. The van der Waals surface area contributed by atoms with Gasteiger partial charge in [0.15, 0.2) is 0 Å². The summed E-state index contributed by atoms with van der Waals surface area (Å²) >= 11 is 5.88. The third-order valence-electron chi connectivity index (χ3n) is 1.80. The van der Waals surface area contributed by atoms with Crippen LogP contribution in [-0.4, -0.2) is 23.4 Å². The van der Waals surface area contributed by atoms with Crippen LogP contribution in [0, 0.1) is 11.3 Å². The smallest absolute Gasteiger partial charge is 0.305 e. The summed E-state index contributed by atoms with van der Waals surface area (Å²) in [6.07, 6.45) is 0.195. The first-order valence-electron chi connectivity index (χ1n) is 4.93. The van der Waals surface area contributed by atoms with Gasteiger partial charge >= 0.3 is 6.87 Å². The van der Waals surface area contributed by atoms with Crippen LogP contribution < -0.4 is 0 Å². The molecule has 0 aliphatic carbocycles. The summed E-state index contributed by atoms with van der Waals surface area (Å²) < 4.78 is 18.7. The topological polar surface area (TPSA) is 53.3 Å². The van der Waals surface area contributed by atoms with Crippen molar-refractivity contribution in [2.24, 2.45) is 0 Å². The highest BCUT2D eigenvalue weighted by Crippen LogP contribution is 2.58. The van der Waals surface area contributed by atoms with E-state index < -0.39 is 6.87 Å². The molecule has 0 aromatic rings. The molecular weight excluding hydrogens is 235 g/mol. The van der Waals surface area contributed by atoms with E-state index in [0.717, 1.165) is 0 Å². The Balaban J connectivity index is 4.52. The molecule has 15 heavy (non-hydrogen) atoms. The lowest BCUT2D eigenvalue weighted by molar-refractivity contribution is 0.231. The number of hydrogen-bond donors (Lipinski definition) is 0. The van der Waals surface area contributed by atoms with Crippen molar-refractivity contribution >= 4 is 18.1 Å². The second-order valence-electron chi connectivity index (χ2n) is 3.76. The third kappa shape index (κ3) is 4.99. The highest BCUT2D eigenvalue weighted by atomic mass is 35.7. The molecule has 0 aromatic heterocycles. The standard InChI is InChI=1S/C9H18ClN2O2P/c1-8(2)12(9(3)4)15(10,13)14-7-5-6-11/h8-9H,5,7H2,1-4H3/t15-/m1/s1. The summed E-state index contributed by atoms with van der Waals surface area (Å²) in [5, 5.41) is 8.34. The van der Waals surface area contributed by atoms with E-state index in [1.807, 2.05) is 33.8 Å². The van der Waals surface area contributed by atoms with Gasteiger partial charge in [-0.3, -0.25) is 4.57 Å². The molecule has 6 heteroatoms. The lowest BCUT2D eigenvalue weighted by Crippen LogP contribution is -2.33. The summed E-state index contributed by atoms with van der Waals surface area (Å²) in [6, 6.07) is 1.99. The lowest BCUT2D eigenvalue weighted by Gasteiger charge is -2.32. The highest BCUT2D eigenvalue weighted by molar-refractivity contribution is 7.83. The quantitative estimate of drug-likeness (QED) is 0.537. The van der Waals surface area contributed by atoms with Crippen LogP contribution in [0.15, 0.2) is 0 Å². The monoisotopic (exact) mass is 252 g/mol. The number of hydrogen-bond acceptors (Lipinski definition) is 3. The van der Waals surface area contributed by atoms with Gasteiger partial charge < -0.3 is 4.52 Å². The molecule has 0 heterocycles. The predicted octanol–water partition coefficient (Wildman–Crippen LogP) is 3.38. The molecular formula is C9H18ClN2O2P. The molecule has 0 aromatic carbocycles. The minimum Gasteiger partial charge on any atom is -0.305 e. The molecule has 0 amide bonds. The first-order chi connectivity index (χ1) is 6.83. The molecule has 0 spiro atoms.